The third-order valence-electron chi connectivity index (χ3n) is 6.06. The molecule has 0 radical (unpaired) electrons. The Bertz CT molecular complexity index is 1390. The lowest BCUT2D eigenvalue weighted by Crippen LogP contribution is -2.16. The van der Waals surface area contributed by atoms with Crippen LogP contribution in [0.5, 0.6) is 0 Å². The first kappa shape index (κ1) is 21.2. The molecule has 0 bridgehead atoms. The van der Waals surface area contributed by atoms with E-state index >= 15 is 0 Å². The number of aromatic nitrogens is 1. The standard InChI is InChI=1S/C25H23N3O4S/c1-14-11-17(13-26-27-23(29)20-12-16-7-3-5-9-19(16)32-20)15(2)28(14)24-22(25(30)31)18-8-4-6-10-21(18)33-24/h3,5,7,9,11-13H,4,6,8,10H2,1-2H3,(H,27,29)(H,30,31)/b26-13+. The van der Waals surface area contributed by atoms with Gasteiger partial charge >= 0.3 is 11.9 Å². The topological polar surface area (TPSA) is 96.8 Å². The molecule has 3 aromatic heterocycles. The summed E-state index contributed by atoms with van der Waals surface area (Å²) >= 11 is 1.57. The number of fused-ring (bicyclic) bond motifs is 2. The first-order valence-corrected chi connectivity index (χ1v) is 11.6. The van der Waals surface area contributed by atoms with E-state index < -0.39 is 11.9 Å². The summed E-state index contributed by atoms with van der Waals surface area (Å²) in [5.41, 5.74) is 7.14. The minimum Gasteiger partial charge on any atom is -0.478 e. The van der Waals surface area contributed by atoms with E-state index in [0.29, 0.717) is 11.1 Å². The molecule has 7 nitrogen and oxygen atoms in total. The molecule has 0 saturated heterocycles. The van der Waals surface area contributed by atoms with Gasteiger partial charge in [0, 0.05) is 27.2 Å². The van der Waals surface area contributed by atoms with Crippen LogP contribution in [0.3, 0.4) is 0 Å². The normalized spacial score (nSPS) is 13.5. The SMILES string of the molecule is Cc1cc(/C=N/NC(=O)c2cc3ccccc3o2)c(C)n1-c1sc2c(c1C(=O)O)CCCC2. The summed E-state index contributed by atoms with van der Waals surface area (Å²) in [6.07, 6.45) is 5.44. The monoisotopic (exact) mass is 461 g/mol. The number of thiophene rings is 1. The van der Waals surface area contributed by atoms with Crippen LogP contribution >= 0.6 is 11.3 Å². The maximum absolute atomic E-state index is 12.4. The van der Waals surface area contributed by atoms with E-state index in [1.165, 1.54) is 4.88 Å². The number of carboxylic acids is 1. The van der Waals surface area contributed by atoms with Crippen LogP contribution in [-0.4, -0.2) is 27.8 Å². The molecule has 1 aliphatic carbocycles. The van der Waals surface area contributed by atoms with Crippen LogP contribution < -0.4 is 5.43 Å². The zero-order chi connectivity index (χ0) is 23.1. The molecule has 8 heteroatoms. The highest BCUT2D eigenvalue weighted by Crippen LogP contribution is 2.38. The molecule has 0 spiro atoms. The molecular weight excluding hydrogens is 438 g/mol. The minimum atomic E-state index is -0.884. The summed E-state index contributed by atoms with van der Waals surface area (Å²) in [5.74, 6) is -1.13. The molecule has 0 fully saturated rings. The van der Waals surface area contributed by atoms with Crippen LogP contribution in [0.25, 0.3) is 16.0 Å². The fraction of sp³-hybridized carbons (Fsp3) is 0.240. The second-order valence-corrected chi connectivity index (χ2v) is 9.29. The number of rotatable bonds is 5. The molecule has 1 aromatic carbocycles. The van der Waals surface area contributed by atoms with Crippen molar-refractivity contribution < 1.29 is 19.1 Å². The number of para-hydroxylation sites is 1. The summed E-state index contributed by atoms with van der Waals surface area (Å²) in [4.78, 5) is 25.7. The summed E-state index contributed by atoms with van der Waals surface area (Å²) in [7, 11) is 0. The van der Waals surface area contributed by atoms with Gasteiger partial charge in [0.25, 0.3) is 0 Å². The van der Waals surface area contributed by atoms with Crippen molar-refractivity contribution in [3.05, 3.63) is 75.1 Å². The van der Waals surface area contributed by atoms with E-state index in [2.05, 4.69) is 10.5 Å². The van der Waals surface area contributed by atoms with Crippen LogP contribution in [0.1, 0.15) is 61.1 Å². The lowest BCUT2D eigenvalue weighted by molar-refractivity contribution is 0.0695. The molecule has 1 amide bonds. The van der Waals surface area contributed by atoms with E-state index in [-0.39, 0.29) is 5.76 Å². The van der Waals surface area contributed by atoms with E-state index in [0.717, 1.165) is 58.6 Å². The Balaban J connectivity index is 1.42. The molecule has 0 unspecified atom stereocenters. The number of aryl methyl sites for hydroxylation is 2. The van der Waals surface area contributed by atoms with Crippen LogP contribution in [0.2, 0.25) is 0 Å². The number of aromatic carboxylic acids is 1. The number of carbonyl (C=O) groups excluding carboxylic acids is 1. The average molecular weight is 462 g/mol. The lowest BCUT2D eigenvalue weighted by atomic mass is 9.95. The highest BCUT2D eigenvalue weighted by molar-refractivity contribution is 7.15. The molecule has 4 aromatic rings. The molecule has 168 valence electrons. The quantitative estimate of drug-likeness (QED) is 0.314. The molecule has 0 aliphatic heterocycles. The number of hydrazone groups is 1. The van der Waals surface area contributed by atoms with Gasteiger partial charge in [-0.3, -0.25) is 4.79 Å². The summed E-state index contributed by atoms with van der Waals surface area (Å²) < 4.78 is 7.55. The second kappa shape index (κ2) is 8.37. The molecule has 2 N–H and O–H groups in total. The van der Waals surface area contributed by atoms with Crippen molar-refractivity contribution in [2.75, 3.05) is 0 Å². The summed E-state index contributed by atoms with van der Waals surface area (Å²) in [6, 6.07) is 11.0. The number of carbonyl (C=O) groups is 2. The highest BCUT2D eigenvalue weighted by Gasteiger charge is 2.27. The Labute approximate surface area is 194 Å². The Morgan fingerprint density at radius 2 is 1.97 bits per heavy atom. The van der Waals surface area contributed by atoms with Gasteiger partial charge in [-0.2, -0.15) is 5.10 Å². The number of nitrogens with zero attached hydrogens (tertiary/aromatic N) is 2. The smallest absolute Gasteiger partial charge is 0.339 e. The van der Waals surface area contributed by atoms with Gasteiger partial charge < -0.3 is 14.1 Å². The van der Waals surface area contributed by atoms with Gasteiger partial charge in [-0.05, 0) is 63.3 Å². The van der Waals surface area contributed by atoms with Crippen molar-refractivity contribution in [3.63, 3.8) is 0 Å². The molecule has 0 saturated carbocycles. The third kappa shape index (κ3) is 3.76. The Morgan fingerprint density at radius 3 is 2.76 bits per heavy atom. The maximum atomic E-state index is 12.4. The number of nitrogens with one attached hydrogen (secondary N) is 1. The Kier molecular flexibility index (Phi) is 5.38. The van der Waals surface area contributed by atoms with Crippen molar-refractivity contribution in [1.82, 2.24) is 9.99 Å². The van der Waals surface area contributed by atoms with Gasteiger partial charge in [-0.1, -0.05) is 18.2 Å². The largest absolute Gasteiger partial charge is 0.478 e. The molecule has 5 rings (SSSR count). The summed E-state index contributed by atoms with van der Waals surface area (Å²) in [6.45, 7) is 3.88. The summed E-state index contributed by atoms with van der Waals surface area (Å²) in [5, 5.41) is 15.6. The first-order valence-electron chi connectivity index (χ1n) is 10.8. The fourth-order valence-electron chi connectivity index (χ4n) is 4.47. The van der Waals surface area contributed by atoms with E-state index in [1.54, 1.807) is 29.7 Å². The van der Waals surface area contributed by atoms with Crippen molar-refractivity contribution >= 4 is 40.4 Å². The number of furan rings is 1. The zero-order valence-electron chi connectivity index (χ0n) is 18.3. The van der Waals surface area contributed by atoms with Gasteiger partial charge in [0.2, 0.25) is 0 Å². The van der Waals surface area contributed by atoms with Gasteiger partial charge in [0.15, 0.2) is 5.76 Å². The predicted octanol–water partition coefficient (Wildman–Crippen LogP) is 5.24. The predicted molar refractivity (Wildman–Crippen MR) is 128 cm³/mol. The lowest BCUT2D eigenvalue weighted by Gasteiger charge is -2.11. The number of hydrogen-bond donors (Lipinski definition) is 2. The minimum absolute atomic E-state index is 0.189. The number of amides is 1. The van der Waals surface area contributed by atoms with Gasteiger partial charge in [0.05, 0.1) is 11.8 Å². The molecule has 0 atom stereocenters. The second-order valence-electron chi connectivity index (χ2n) is 8.21. The number of hydrogen-bond acceptors (Lipinski definition) is 5. The number of carboxylic acid groups (broad SMARTS) is 1. The van der Waals surface area contributed by atoms with Crippen LogP contribution in [0.15, 0.2) is 45.9 Å². The zero-order valence-corrected chi connectivity index (χ0v) is 19.2. The average Bonchev–Trinajstić information content (AvgIpc) is 3.46. The van der Waals surface area contributed by atoms with E-state index in [9.17, 15) is 14.7 Å². The first-order chi connectivity index (χ1) is 15.9. The van der Waals surface area contributed by atoms with Gasteiger partial charge in [-0.15, -0.1) is 11.3 Å². The van der Waals surface area contributed by atoms with E-state index in [4.69, 9.17) is 4.42 Å². The van der Waals surface area contributed by atoms with Gasteiger partial charge in [0.1, 0.15) is 10.6 Å². The Hall–Kier alpha value is -3.65. The van der Waals surface area contributed by atoms with Crippen molar-refractivity contribution in [2.24, 2.45) is 5.10 Å². The molecule has 33 heavy (non-hydrogen) atoms. The van der Waals surface area contributed by atoms with Crippen LogP contribution in [0, 0.1) is 13.8 Å². The van der Waals surface area contributed by atoms with Gasteiger partial charge in [-0.25, -0.2) is 10.2 Å². The number of benzene rings is 1. The van der Waals surface area contributed by atoms with E-state index in [1.807, 2.05) is 42.7 Å². The van der Waals surface area contributed by atoms with Crippen molar-refractivity contribution in [2.45, 2.75) is 39.5 Å². The van der Waals surface area contributed by atoms with Crippen LogP contribution in [0.4, 0.5) is 0 Å². The maximum Gasteiger partial charge on any atom is 0.339 e. The molecular formula is C25H23N3O4S. The Morgan fingerprint density at radius 1 is 1.18 bits per heavy atom. The van der Waals surface area contributed by atoms with Crippen LogP contribution in [-0.2, 0) is 12.8 Å². The fourth-order valence-corrected chi connectivity index (χ4v) is 5.96. The van der Waals surface area contributed by atoms with Crippen molar-refractivity contribution in [1.29, 1.82) is 0 Å². The third-order valence-corrected chi connectivity index (χ3v) is 7.34. The highest BCUT2D eigenvalue weighted by atomic mass is 32.1. The molecule has 3 heterocycles. The van der Waals surface area contributed by atoms with Crippen molar-refractivity contribution in [3.8, 4) is 5.00 Å². The molecule has 1 aliphatic rings.